The summed E-state index contributed by atoms with van der Waals surface area (Å²) in [6.07, 6.45) is 0. The second kappa shape index (κ2) is 7.45. The molecule has 0 saturated carbocycles. The first-order chi connectivity index (χ1) is 11.0. The van der Waals surface area contributed by atoms with Crippen LogP contribution in [0.3, 0.4) is 0 Å². The predicted molar refractivity (Wildman–Crippen MR) is 92.5 cm³/mol. The van der Waals surface area contributed by atoms with Gasteiger partial charge < -0.3 is 16.0 Å². The number of benzene rings is 2. The average Bonchev–Trinajstić information content (AvgIpc) is 2.49. The summed E-state index contributed by atoms with van der Waals surface area (Å²) < 4.78 is 0. The summed E-state index contributed by atoms with van der Waals surface area (Å²) in [6, 6.07) is 13.0. The second-order valence-electron chi connectivity index (χ2n) is 5.45. The van der Waals surface area contributed by atoms with Gasteiger partial charge in [0.05, 0.1) is 0 Å². The zero-order valence-corrected chi connectivity index (χ0v) is 13.6. The minimum atomic E-state index is -0.286. The lowest BCUT2D eigenvalue weighted by Gasteiger charge is -2.12. The van der Waals surface area contributed by atoms with Crippen LogP contribution >= 0.6 is 0 Å². The fourth-order valence-electron chi connectivity index (χ4n) is 2.18. The highest BCUT2D eigenvalue weighted by atomic mass is 16.2. The third-order valence-electron chi connectivity index (χ3n) is 3.51. The van der Waals surface area contributed by atoms with Gasteiger partial charge in [0.15, 0.2) is 0 Å². The molecule has 0 aliphatic rings. The van der Waals surface area contributed by atoms with Crippen molar-refractivity contribution >= 4 is 23.3 Å². The monoisotopic (exact) mass is 311 g/mol. The molecule has 5 heteroatoms. The first-order valence-corrected chi connectivity index (χ1v) is 7.43. The van der Waals surface area contributed by atoms with E-state index in [4.69, 9.17) is 0 Å². The summed E-state index contributed by atoms with van der Waals surface area (Å²) in [4.78, 5) is 23.2. The van der Waals surface area contributed by atoms with Crippen molar-refractivity contribution in [3.63, 3.8) is 0 Å². The summed E-state index contributed by atoms with van der Waals surface area (Å²) in [5.41, 5.74) is 4.46. The minimum absolute atomic E-state index is 0.144. The highest BCUT2D eigenvalue weighted by Crippen LogP contribution is 2.20. The van der Waals surface area contributed by atoms with Gasteiger partial charge in [0.25, 0.3) is 0 Å². The third-order valence-corrected chi connectivity index (χ3v) is 3.51. The van der Waals surface area contributed by atoms with Gasteiger partial charge in [-0.3, -0.25) is 4.79 Å². The number of carbonyl (C=O) groups excluding carboxylic acids is 2. The van der Waals surface area contributed by atoms with Crippen molar-refractivity contribution in [2.24, 2.45) is 0 Å². The van der Waals surface area contributed by atoms with Crippen LogP contribution in [0.2, 0.25) is 0 Å². The fraction of sp³-hybridized carbons (Fsp3) is 0.222. The van der Waals surface area contributed by atoms with Crippen LogP contribution in [0.5, 0.6) is 0 Å². The SMILES string of the molecule is CC(=O)Nc1cc(NC(=O)NCc2ccccc2C)ccc1C. The van der Waals surface area contributed by atoms with Crippen molar-refractivity contribution in [3.8, 4) is 0 Å². The Kier molecular flexibility index (Phi) is 5.36. The van der Waals surface area contributed by atoms with E-state index in [0.29, 0.717) is 17.9 Å². The number of carbonyl (C=O) groups is 2. The number of hydrogen-bond donors (Lipinski definition) is 3. The summed E-state index contributed by atoms with van der Waals surface area (Å²) in [5.74, 6) is -0.144. The summed E-state index contributed by atoms with van der Waals surface area (Å²) >= 11 is 0. The summed E-state index contributed by atoms with van der Waals surface area (Å²) in [5, 5.41) is 8.34. The Morgan fingerprint density at radius 1 is 0.957 bits per heavy atom. The smallest absolute Gasteiger partial charge is 0.319 e. The van der Waals surface area contributed by atoms with Crippen molar-refractivity contribution in [2.45, 2.75) is 27.3 Å². The Hall–Kier alpha value is -2.82. The maximum atomic E-state index is 12.0. The molecule has 0 saturated heterocycles. The van der Waals surface area contributed by atoms with Gasteiger partial charge in [-0.1, -0.05) is 30.3 Å². The van der Waals surface area contributed by atoms with E-state index in [1.165, 1.54) is 6.92 Å². The van der Waals surface area contributed by atoms with E-state index in [-0.39, 0.29) is 11.9 Å². The first kappa shape index (κ1) is 16.5. The van der Waals surface area contributed by atoms with Crippen LogP contribution < -0.4 is 16.0 Å². The number of anilines is 2. The maximum absolute atomic E-state index is 12.0. The lowest BCUT2D eigenvalue weighted by atomic mass is 10.1. The Balaban J connectivity index is 1.97. The number of aryl methyl sites for hydroxylation is 2. The van der Waals surface area contributed by atoms with Crippen LogP contribution in [0.25, 0.3) is 0 Å². The third kappa shape index (κ3) is 4.85. The van der Waals surface area contributed by atoms with Crippen molar-refractivity contribution in [1.82, 2.24) is 5.32 Å². The number of hydrogen-bond acceptors (Lipinski definition) is 2. The zero-order valence-electron chi connectivity index (χ0n) is 13.6. The molecule has 0 atom stereocenters. The molecule has 3 amide bonds. The molecular formula is C18H21N3O2. The van der Waals surface area contributed by atoms with Crippen molar-refractivity contribution < 1.29 is 9.59 Å². The van der Waals surface area contributed by atoms with Gasteiger partial charge in [0.1, 0.15) is 0 Å². The molecule has 23 heavy (non-hydrogen) atoms. The molecule has 0 fully saturated rings. The standard InChI is InChI=1S/C18H21N3O2/c1-12-6-4-5-7-15(12)11-19-18(23)21-16-9-8-13(2)17(10-16)20-14(3)22/h4-10H,11H2,1-3H3,(H,20,22)(H2,19,21,23). The lowest BCUT2D eigenvalue weighted by molar-refractivity contribution is -0.114. The molecule has 0 aliphatic carbocycles. The van der Waals surface area contributed by atoms with Crippen LogP contribution in [0, 0.1) is 13.8 Å². The predicted octanol–water partition coefficient (Wildman–Crippen LogP) is 3.58. The number of nitrogens with one attached hydrogen (secondary N) is 3. The van der Waals surface area contributed by atoms with Gasteiger partial charge in [-0.15, -0.1) is 0 Å². The minimum Gasteiger partial charge on any atom is -0.334 e. The molecule has 2 aromatic rings. The largest absolute Gasteiger partial charge is 0.334 e. The van der Waals surface area contributed by atoms with Gasteiger partial charge in [-0.2, -0.15) is 0 Å². The van der Waals surface area contributed by atoms with Gasteiger partial charge in [-0.25, -0.2) is 4.79 Å². The van der Waals surface area contributed by atoms with Crippen molar-refractivity contribution in [3.05, 3.63) is 59.2 Å². The topological polar surface area (TPSA) is 70.2 Å². The van der Waals surface area contributed by atoms with E-state index in [2.05, 4.69) is 16.0 Å². The number of urea groups is 1. The molecule has 5 nitrogen and oxygen atoms in total. The van der Waals surface area contributed by atoms with Crippen LogP contribution in [0.1, 0.15) is 23.6 Å². The van der Waals surface area contributed by atoms with Gasteiger partial charge in [0, 0.05) is 24.8 Å². The quantitative estimate of drug-likeness (QED) is 0.807. The van der Waals surface area contributed by atoms with Crippen LogP contribution in [0.15, 0.2) is 42.5 Å². The molecule has 0 heterocycles. The Morgan fingerprint density at radius 2 is 1.70 bits per heavy atom. The summed E-state index contributed by atoms with van der Waals surface area (Å²) in [7, 11) is 0. The molecular weight excluding hydrogens is 290 g/mol. The Bertz CT molecular complexity index is 726. The van der Waals surface area contributed by atoms with Gasteiger partial charge in [-0.05, 0) is 42.7 Å². The lowest BCUT2D eigenvalue weighted by Crippen LogP contribution is -2.28. The van der Waals surface area contributed by atoms with E-state index in [9.17, 15) is 9.59 Å². The van der Waals surface area contributed by atoms with Crippen molar-refractivity contribution in [2.75, 3.05) is 10.6 Å². The highest BCUT2D eigenvalue weighted by Gasteiger charge is 2.06. The zero-order chi connectivity index (χ0) is 16.8. The van der Waals surface area contributed by atoms with Crippen LogP contribution in [-0.4, -0.2) is 11.9 Å². The van der Waals surface area contributed by atoms with Gasteiger partial charge in [0.2, 0.25) is 5.91 Å². The molecule has 120 valence electrons. The fourth-order valence-corrected chi connectivity index (χ4v) is 2.18. The van der Waals surface area contributed by atoms with E-state index in [1.54, 1.807) is 12.1 Å². The summed E-state index contributed by atoms with van der Waals surface area (Å²) in [6.45, 7) is 5.82. The second-order valence-corrected chi connectivity index (χ2v) is 5.45. The highest BCUT2D eigenvalue weighted by molar-refractivity contribution is 5.93. The Morgan fingerprint density at radius 3 is 2.39 bits per heavy atom. The van der Waals surface area contributed by atoms with Crippen LogP contribution in [-0.2, 0) is 11.3 Å². The van der Waals surface area contributed by atoms with E-state index in [0.717, 1.165) is 16.7 Å². The first-order valence-electron chi connectivity index (χ1n) is 7.43. The molecule has 0 unspecified atom stereocenters. The molecule has 0 spiro atoms. The molecule has 2 rings (SSSR count). The molecule has 0 bridgehead atoms. The molecule has 2 aromatic carbocycles. The van der Waals surface area contributed by atoms with E-state index in [1.807, 2.05) is 44.2 Å². The maximum Gasteiger partial charge on any atom is 0.319 e. The molecule has 3 N–H and O–H groups in total. The van der Waals surface area contributed by atoms with E-state index < -0.39 is 0 Å². The number of amides is 3. The van der Waals surface area contributed by atoms with Crippen LogP contribution in [0.4, 0.5) is 16.2 Å². The molecule has 0 radical (unpaired) electrons. The molecule has 0 aliphatic heterocycles. The van der Waals surface area contributed by atoms with Gasteiger partial charge >= 0.3 is 6.03 Å². The van der Waals surface area contributed by atoms with Crippen molar-refractivity contribution in [1.29, 1.82) is 0 Å². The average molecular weight is 311 g/mol. The normalized spacial score (nSPS) is 10.0. The Labute approximate surface area is 136 Å². The molecule has 0 aromatic heterocycles. The number of rotatable bonds is 4. The van der Waals surface area contributed by atoms with E-state index >= 15 is 0 Å².